The van der Waals surface area contributed by atoms with Crippen LogP contribution in [0.1, 0.15) is 84.8 Å². The molecular formula is C29H31NO8. The lowest BCUT2D eigenvalue weighted by Gasteiger charge is -2.28. The third-order valence-corrected chi connectivity index (χ3v) is 6.64. The van der Waals surface area contributed by atoms with Crippen molar-refractivity contribution in [2.75, 3.05) is 6.61 Å². The van der Waals surface area contributed by atoms with Crippen LogP contribution in [-0.2, 0) is 19.1 Å². The van der Waals surface area contributed by atoms with Gasteiger partial charge in [-0.3, -0.25) is 14.4 Å². The zero-order valence-electron chi connectivity index (χ0n) is 21.2. The lowest BCUT2D eigenvalue weighted by Crippen LogP contribution is -2.23. The molecule has 0 aromatic heterocycles. The van der Waals surface area contributed by atoms with Crippen molar-refractivity contribution in [2.24, 2.45) is 5.73 Å². The highest BCUT2D eigenvalue weighted by molar-refractivity contribution is 5.98. The zero-order chi connectivity index (χ0) is 27.2. The fourth-order valence-corrected chi connectivity index (χ4v) is 4.75. The van der Waals surface area contributed by atoms with Crippen LogP contribution in [-0.4, -0.2) is 41.4 Å². The summed E-state index contributed by atoms with van der Waals surface area (Å²) in [5.74, 6) is -1.88. The standard InChI is InChI=1S/C29H31NO8/c1-17-6-5-9-20(31)8-4-2-3-7-19-14-23-27(28(34)26(19)29(35)37-17)22(15-25(33)38-23)18-10-12-21(13-11-18)36-16-24(30)32/h3,7,10-14,17,22,34H,2,4-6,8-9,15-16H2,1H3,(H2,30,32)/b7-3+/t17-,22+/m1/s1. The van der Waals surface area contributed by atoms with Gasteiger partial charge in [0, 0.05) is 24.3 Å². The quantitative estimate of drug-likeness (QED) is 0.451. The van der Waals surface area contributed by atoms with Crippen molar-refractivity contribution < 1.29 is 38.5 Å². The number of cyclic esters (lactones) is 1. The van der Waals surface area contributed by atoms with Gasteiger partial charge in [-0.25, -0.2) is 4.79 Å². The third-order valence-electron chi connectivity index (χ3n) is 6.64. The van der Waals surface area contributed by atoms with Gasteiger partial charge in [-0.1, -0.05) is 24.3 Å². The van der Waals surface area contributed by atoms with Crippen molar-refractivity contribution >= 4 is 29.7 Å². The number of nitrogens with two attached hydrogens (primary N) is 1. The van der Waals surface area contributed by atoms with Crippen molar-refractivity contribution in [1.29, 1.82) is 0 Å². The normalized spacial score (nSPS) is 21.2. The van der Waals surface area contributed by atoms with Crippen LogP contribution in [0.2, 0.25) is 0 Å². The van der Waals surface area contributed by atoms with E-state index >= 15 is 0 Å². The second kappa shape index (κ2) is 11.9. The van der Waals surface area contributed by atoms with E-state index in [4.69, 9.17) is 19.9 Å². The largest absolute Gasteiger partial charge is 0.507 e. The van der Waals surface area contributed by atoms with Crippen LogP contribution in [0.25, 0.3) is 6.08 Å². The van der Waals surface area contributed by atoms with E-state index in [9.17, 15) is 24.3 Å². The van der Waals surface area contributed by atoms with Gasteiger partial charge in [0.05, 0.1) is 12.5 Å². The molecular weight excluding hydrogens is 490 g/mol. The summed E-state index contributed by atoms with van der Waals surface area (Å²) in [4.78, 5) is 48.9. The highest BCUT2D eigenvalue weighted by atomic mass is 16.5. The second-order valence-corrected chi connectivity index (χ2v) is 9.60. The monoisotopic (exact) mass is 521 g/mol. The van der Waals surface area contributed by atoms with Crippen molar-refractivity contribution in [1.82, 2.24) is 0 Å². The van der Waals surface area contributed by atoms with Gasteiger partial charge in [0.25, 0.3) is 5.91 Å². The number of phenols is 1. The molecule has 0 spiro atoms. The van der Waals surface area contributed by atoms with E-state index in [0.29, 0.717) is 61.0 Å². The number of hydrogen-bond donors (Lipinski definition) is 2. The Balaban J connectivity index is 1.74. The lowest BCUT2D eigenvalue weighted by molar-refractivity contribution is -0.135. The molecule has 0 unspecified atom stereocenters. The Labute approximate surface area is 220 Å². The van der Waals surface area contributed by atoms with Gasteiger partial charge in [-0.2, -0.15) is 0 Å². The minimum absolute atomic E-state index is 0.00402. The van der Waals surface area contributed by atoms with Crippen LogP contribution in [0.5, 0.6) is 17.2 Å². The van der Waals surface area contributed by atoms with Gasteiger partial charge in [0.1, 0.15) is 28.6 Å². The van der Waals surface area contributed by atoms with Gasteiger partial charge < -0.3 is 25.1 Å². The highest BCUT2D eigenvalue weighted by Crippen LogP contribution is 2.47. The summed E-state index contributed by atoms with van der Waals surface area (Å²) in [6, 6.07) is 8.28. The number of carbonyl (C=O) groups excluding carboxylic acids is 4. The predicted molar refractivity (Wildman–Crippen MR) is 138 cm³/mol. The first-order valence-corrected chi connectivity index (χ1v) is 12.7. The zero-order valence-corrected chi connectivity index (χ0v) is 21.2. The molecule has 0 aliphatic carbocycles. The van der Waals surface area contributed by atoms with E-state index in [2.05, 4.69) is 0 Å². The van der Waals surface area contributed by atoms with Crippen molar-refractivity contribution in [3.05, 3.63) is 58.7 Å². The van der Waals surface area contributed by atoms with Crippen molar-refractivity contribution in [3.8, 4) is 17.2 Å². The second-order valence-electron chi connectivity index (χ2n) is 9.60. The van der Waals surface area contributed by atoms with Crippen LogP contribution >= 0.6 is 0 Å². The molecule has 2 aromatic rings. The van der Waals surface area contributed by atoms with Crippen LogP contribution < -0.4 is 15.2 Å². The lowest BCUT2D eigenvalue weighted by atomic mass is 9.83. The number of ketones is 1. The van der Waals surface area contributed by atoms with Crippen LogP contribution in [0.4, 0.5) is 0 Å². The molecule has 2 atom stereocenters. The number of primary amides is 1. The van der Waals surface area contributed by atoms with E-state index in [-0.39, 0.29) is 35.9 Å². The number of Topliss-reactive ketones (excluding diaryl/α,β-unsaturated/α-hetero) is 1. The van der Waals surface area contributed by atoms with Crippen LogP contribution in [0.15, 0.2) is 36.4 Å². The maximum Gasteiger partial charge on any atom is 0.342 e. The number of esters is 2. The number of fused-ring (bicyclic) bond motifs is 2. The van der Waals surface area contributed by atoms with Gasteiger partial charge in [0.2, 0.25) is 0 Å². The highest BCUT2D eigenvalue weighted by Gasteiger charge is 2.35. The van der Waals surface area contributed by atoms with E-state index < -0.39 is 29.9 Å². The van der Waals surface area contributed by atoms with Gasteiger partial charge in [-0.05, 0) is 61.9 Å². The molecule has 9 heteroatoms. The Morgan fingerprint density at radius 3 is 2.61 bits per heavy atom. The molecule has 1 amide bonds. The maximum atomic E-state index is 13.3. The molecule has 2 aromatic carbocycles. The number of phenolic OH excluding ortho intramolecular Hbond substituents is 1. The SMILES string of the molecule is C[C@@H]1CCCC(=O)CCC/C=C/c2cc3c(c(O)c2C(=O)O1)[C@H](c1ccc(OCC(N)=O)cc1)CC(=O)O3. The summed E-state index contributed by atoms with van der Waals surface area (Å²) in [7, 11) is 0. The number of amides is 1. The van der Waals surface area contributed by atoms with E-state index in [1.54, 1.807) is 43.3 Å². The molecule has 0 saturated carbocycles. The first kappa shape index (κ1) is 26.9. The Morgan fingerprint density at radius 2 is 1.87 bits per heavy atom. The minimum Gasteiger partial charge on any atom is -0.507 e. The summed E-state index contributed by atoms with van der Waals surface area (Å²) < 4.78 is 16.4. The molecule has 2 heterocycles. The number of carbonyl (C=O) groups is 4. The number of benzene rings is 2. The fraction of sp³-hybridized carbons (Fsp3) is 0.379. The molecule has 0 fully saturated rings. The molecule has 0 saturated heterocycles. The van der Waals surface area contributed by atoms with Gasteiger partial charge in [0.15, 0.2) is 6.61 Å². The average molecular weight is 522 g/mol. The summed E-state index contributed by atoms with van der Waals surface area (Å²) in [5.41, 5.74) is 6.50. The van der Waals surface area contributed by atoms with E-state index in [1.165, 1.54) is 0 Å². The van der Waals surface area contributed by atoms with E-state index in [1.807, 2.05) is 6.08 Å². The topological polar surface area (TPSA) is 142 Å². The predicted octanol–water partition coefficient (Wildman–Crippen LogP) is 4.18. The molecule has 200 valence electrons. The Morgan fingerprint density at radius 1 is 1.13 bits per heavy atom. The Kier molecular flexibility index (Phi) is 8.45. The molecule has 38 heavy (non-hydrogen) atoms. The number of ether oxygens (including phenoxy) is 3. The van der Waals surface area contributed by atoms with Crippen molar-refractivity contribution in [3.63, 3.8) is 0 Å². The molecule has 3 N–H and O–H groups in total. The van der Waals surface area contributed by atoms with Crippen LogP contribution in [0.3, 0.4) is 0 Å². The average Bonchev–Trinajstić information content (AvgIpc) is 2.86. The molecule has 2 aliphatic rings. The number of rotatable bonds is 4. The number of allylic oxidation sites excluding steroid dienone is 1. The molecule has 4 rings (SSSR count). The molecule has 2 aliphatic heterocycles. The van der Waals surface area contributed by atoms with Gasteiger partial charge in [-0.15, -0.1) is 0 Å². The fourth-order valence-electron chi connectivity index (χ4n) is 4.75. The third kappa shape index (κ3) is 6.40. The summed E-state index contributed by atoms with van der Waals surface area (Å²) in [6.07, 6.45) is 6.36. The van der Waals surface area contributed by atoms with Gasteiger partial charge >= 0.3 is 11.9 Å². The maximum absolute atomic E-state index is 13.3. The molecule has 0 radical (unpaired) electrons. The Hall–Kier alpha value is -4.14. The smallest absolute Gasteiger partial charge is 0.342 e. The summed E-state index contributed by atoms with van der Waals surface area (Å²) in [5, 5.41) is 11.4. The minimum atomic E-state index is -0.688. The Bertz CT molecular complexity index is 1260. The first-order chi connectivity index (χ1) is 18.2. The van der Waals surface area contributed by atoms with Crippen molar-refractivity contribution in [2.45, 2.75) is 63.9 Å². The molecule has 9 nitrogen and oxygen atoms in total. The summed E-state index contributed by atoms with van der Waals surface area (Å²) >= 11 is 0. The molecule has 0 bridgehead atoms. The number of hydrogen-bond acceptors (Lipinski definition) is 8. The summed E-state index contributed by atoms with van der Waals surface area (Å²) in [6.45, 7) is 1.49. The number of aromatic hydroxyl groups is 1. The van der Waals surface area contributed by atoms with Crippen LogP contribution in [0, 0.1) is 0 Å². The first-order valence-electron chi connectivity index (χ1n) is 12.7. The van der Waals surface area contributed by atoms with E-state index in [0.717, 1.165) is 0 Å².